The number of aliphatic hydroxyl groups excluding tert-OH is 1. The van der Waals surface area contributed by atoms with Gasteiger partial charge in [0, 0.05) is 20.7 Å². The summed E-state index contributed by atoms with van der Waals surface area (Å²) in [7, 11) is -0.322. The van der Waals surface area contributed by atoms with E-state index in [1.807, 2.05) is 13.8 Å². The SMILES string of the molecule is COCC(O)CN(C)S(=O)(=O)CC(C)C. The van der Waals surface area contributed by atoms with Crippen LogP contribution in [0.25, 0.3) is 0 Å². The summed E-state index contributed by atoms with van der Waals surface area (Å²) >= 11 is 0. The number of nitrogens with zero attached hydrogens (tertiary/aromatic N) is 1. The van der Waals surface area contributed by atoms with Gasteiger partial charge in [-0.3, -0.25) is 0 Å². The van der Waals surface area contributed by atoms with Gasteiger partial charge in [0.15, 0.2) is 0 Å². The Hall–Kier alpha value is -0.170. The third kappa shape index (κ3) is 6.09. The molecular weight excluding hydrogens is 218 g/mol. The van der Waals surface area contributed by atoms with Crippen LogP contribution in [0.5, 0.6) is 0 Å². The number of hydrogen-bond acceptors (Lipinski definition) is 4. The maximum Gasteiger partial charge on any atom is 0.214 e. The van der Waals surface area contributed by atoms with Gasteiger partial charge in [0.2, 0.25) is 10.0 Å². The van der Waals surface area contributed by atoms with Crippen LogP contribution in [-0.4, -0.2) is 57.0 Å². The minimum absolute atomic E-state index is 0.0723. The van der Waals surface area contributed by atoms with Crippen molar-refractivity contribution in [1.29, 1.82) is 0 Å². The molecule has 0 aliphatic heterocycles. The van der Waals surface area contributed by atoms with Crippen molar-refractivity contribution in [2.45, 2.75) is 20.0 Å². The number of hydrogen-bond donors (Lipinski definition) is 1. The molecule has 1 atom stereocenters. The fourth-order valence-corrected chi connectivity index (χ4v) is 2.70. The second-order valence-corrected chi connectivity index (χ2v) is 6.18. The lowest BCUT2D eigenvalue weighted by molar-refractivity contribution is 0.0554. The second kappa shape index (κ2) is 6.42. The predicted molar refractivity (Wildman–Crippen MR) is 59.1 cm³/mol. The van der Waals surface area contributed by atoms with Crippen LogP contribution in [0.2, 0.25) is 0 Å². The number of rotatable bonds is 7. The fourth-order valence-electron chi connectivity index (χ4n) is 1.20. The Bertz CT molecular complexity index is 263. The molecule has 6 heteroatoms. The van der Waals surface area contributed by atoms with Crippen molar-refractivity contribution in [3.8, 4) is 0 Å². The van der Waals surface area contributed by atoms with Gasteiger partial charge in [-0.05, 0) is 5.92 Å². The summed E-state index contributed by atoms with van der Waals surface area (Å²) in [4.78, 5) is 0. The first-order chi connectivity index (χ1) is 6.79. The van der Waals surface area contributed by atoms with Crippen molar-refractivity contribution in [3.63, 3.8) is 0 Å². The van der Waals surface area contributed by atoms with Gasteiger partial charge >= 0.3 is 0 Å². The molecule has 0 aliphatic carbocycles. The van der Waals surface area contributed by atoms with Crippen LogP contribution in [0, 0.1) is 5.92 Å². The van der Waals surface area contributed by atoms with Gasteiger partial charge in [0.05, 0.1) is 18.5 Å². The number of likely N-dealkylation sites (N-methyl/N-ethyl adjacent to an activating group) is 1. The summed E-state index contributed by atoms with van der Waals surface area (Å²) in [5.41, 5.74) is 0. The molecule has 0 rings (SSSR count). The van der Waals surface area contributed by atoms with Crippen molar-refractivity contribution in [2.24, 2.45) is 5.92 Å². The molecule has 1 N–H and O–H groups in total. The largest absolute Gasteiger partial charge is 0.389 e. The van der Waals surface area contributed by atoms with E-state index in [9.17, 15) is 13.5 Å². The summed E-state index contributed by atoms with van der Waals surface area (Å²) in [6.07, 6.45) is -0.776. The highest BCUT2D eigenvalue weighted by atomic mass is 32.2. The lowest BCUT2D eigenvalue weighted by Crippen LogP contribution is -2.38. The molecule has 0 radical (unpaired) electrons. The zero-order valence-electron chi connectivity index (χ0n) is 9.80. The van der Waals surface area contributed by atoms with E-state index in [2.05, 4.69) is 0 Å². The molecule has 0 heterocycles. The van der Waals surface area contributed by atoms with E-state index in [1.54, 1.807) is 0 Å². The van der Waals surface area contributed by atoms with E-state index in [1.165, 1.54) is 18.5 Å². The number of methoxy groups -OCH3 is 1. The Labute approximate surface area is 92.1 Å². The summed E-state index contributed by atoms with van der Waals surface area (Å²) in [5, 5.41) is 9.39. The van der Waals surface area contributed by atoms with Gasteiger partial charge in [-0.1, -0.05) is 13.8 Å². The Morgan fingerprint density at radius 2 is 1.93 bits per heavy atom. The molecule has 0 saturated carbocycles. The summed E-state index contributed by atoms with van der Waals surface area (Å²) in [6, 6.07) is 0. The first kappa shape index (κ1) is 14.8. The van der Waals surface area contributed by atoms with Crippen LogP contribution in [-0.2, 0) is 14.8 Å². The third-order valence-corrected chi connectivity index (χ3v) is 4.03. The molecule has 0 spiro atoms. The van der Waals surface area contributed by atoms with Gasteiger partial charge in [-0.2, -0.15) is 0 Å². The van der Waals surface area contributed by atoms with Gasteiger partial charge in [0.1, 0.15) is 0 Å². The van der Waals surface area contributed by atoms with Crippen molar-refractivity contribution in [2.75, 3.05) is 33.1 Å². The fraction of sp³-hybridized carbons (Fsp3) is 1.00. The Kier molecular flexibility index (Phi) is 6.35. The van der Waals surface area contributed by atoms with E-state index < -0.39 is 16.1 Å². The van der Waals surface area contributed by atoms with Crippen molar-refractivity contribution >= 4 is 10.0 Å². The normalized spacial score (nSPS) is 14.9. The van der Waals surface area contributed by atoms with Crippen molar-refractivity contribution in [3.05, 3.63) is 0 Å². The Morgan fingerprint density at radius 3 is 2.33 bits per heavy atom. The standard InChI is InChI=1S/C9H21NO4S/c1-8(2)7-15(12,13)10(3)5-9(11)6-14-4/h8-9,11H,5-7H2,1-4H3. The van der Waals surface area contributed by atoms with Gasteiger partial charge in [-0.15, -0.1) is 0 Å². The zero-order valence-corrected chi connectivity index (χ0v) is 10.6. The minimum Gasteiger partial charge on any atom is -0.389 e. The predicted octanol–water partition coefficient (Wildman–Crippen LogP) is -0.0887. The lowest BCUT2D eigenvalue weighted by atomic mass is 10.3. The van der Waals surface area contributed by atoms with E-state index >= 15 is 0 Å². The highest BCUT2D eigenvalue weighted by molar-refractivity contribution is 7.89. The van der Waals surface area contributed by atoms with Gasteiger partial charge < -0.3 is 9.84 Å². The van der Waals surface area contributed by atoms with E-state index in [4.69, 9.17) is 4.74 Å². The third-order valence-electron chi connectivity index (χ3n) is 1.85. The number of sulfonamides is 1. The lowest BCUT2D eigenvalue weighted by Gasteiger charge is -2.21. The zero-order chi connectivity index (χ0) is 12.1. The van der Waals surface area contributed by atoms with Gasteiger partial charge in [0.25, 0.3) is 0 Å². The molecule has 0 amide bonds. The highest BCUT2D eigenvalue weighted by Crippen LogP contribution is 2.05. The molecule has 0 saturated heterocycles. The molecule has 0 bridgehead atoms. The average Bonchev–Trinajstić information content (AvgIpc) is 2.01. The Balaban J connectivity index is 4.25. The first-order valence-corrected chi connectivity index (χ1v) is 6.51. The molecule has 92 valence electrons. The number of aliphatic hydroxyl groups is 1. The Morgan fingerprint density at radius 1 is 1.40 bits per heavy atom. The molecule has 15 heavy (non-hydrogen) atoms. The first-order valence-electron chi connectivity index (χ1n) is 4.90. The van der Waals surface area contributed by atoms with Crippen LogP contribution in [0.1, 0.15) is 13.8 Å². The maximum atomic E-state index is 11.7. The molecule has 0 aromatic rings. The molecule has 5 nitrogen and oxygen atoms in total. The van der Waals surface area contributed by atoms with Crippen LogP contribution in [0.4, 0.5) is 0 Å². The molecule has 0 aliphatic rings. The van der Waals surface area contributed by atoms with Crippen LogP contribution in [0.15, 0.2) is 0 Å². The summed E-state index contributed by atoms with van der Waals surface area (Å²) in [6.45, 7) is 3.90. The quantitative estimate of drug-likeness (QED) is 0.674. The monoisotopic (exact) mass is 239 g/mol. The topological polar surface area (TPSA) is 66.8 Å². The summed E-state index contributed by atoms with van der Waals surface area (Å²) in [5.74, 6) is 0.181. The van der Waals surface area contributed by atoms with Gasteiger partial charge in [-0.25, -0.2) is 12.7 Å². The number of ether oxygens (including phenoxy) is 1. The van der Waals surface area contributed by atoms with Crippen LogP contribution >= 0.6 is 0 Å². The molecule has 0 aromatic heterocycles. The van der Waals surface area contributed by atoms with E-state index in [0.29, 0.717) is 0 Å². The highest BCUT2D eigenvalue weighted by Gasteiger charge is 2.21. The smallest absolute Gasteiger partial charge is 0.214 e. The van der Waals surface area contributed by atoms with Crippen LogP contribution < -0.4 is 0 Å². The van der Waals surface area contributed by atoms with Crippen molar-refractivity contribution < 1.29 is 18.3 Å². The second-order valence-electron chi connectivity index (χ2n) is 4.06. The molecule has 0 fully saturated rings. The van der Waals surface area contributed by atoms with E-state index in [0.717, 1.165) is 0 Å². The van der Waals surface area contributed by atoms with Crippen molar-refractivity contribution in [1.82, 2.24) is 4.31 Å². The molecule has 1 unspecified atom stereocenters. The van der Waals surface area contributed by atoms with E-state index in [-0.39, 0.29) is 24.8 Å². The maximum absolute atomic E-state index is 11.7. The molecule has 0 aromatic carbocycles. The average molecular weight is 239 g/mol. The minimum atomic E-state index is -3.26. The van der Waals surface area contributed by atoms with Crippen LogP contribution in [0.3, 0.4) is 0 Å². The summed E-state index contributed by atoms with van der Waals surface area (Å²) < 4.78 is 29.2. The molecular formula is C9H21NO4S.